The zero-order chi connectivity index (χ0) is 12.7. The molecule has 3 aromatic rings. The molecule has 0 spiro atoms. The van der Waals surface area contributed by atoms with Crippen LogP contribution in [0.1, 0.15) is 21.7 Å². The first-order chi connectivity index (χ1) is 8.69. The number of aryl methyl sites for hydroxylation is 2. The highest BCUT2D eigenvalue weighted by molar-refractivity contribution is 5.78. The van der Waals surface area contributed by atoms with E-state index in [4.69, 9.17) is 0 Å². The number of nitrogens with one attached hydrogen (secondary N) is 1. The Labute approximate surface area is 105 Å². The molecule has 3 nitrogen and oxygen atoms in total. The van der Waals surface area contributed by atoms with Crippen LogP contribution in [-0.2, 0) is 0 Å². The smallest absolute Gasteiger partial charge is 0.166 e. The number of hydrogen-bond acceptors (Lipinski definition) is 1. The summed E-state index contributed by atoms with van der Waals surface area (Å²) in [6.07, 6.45) is 2.88. The van der Waals surface area contributed by atoms with E-state index in [1.165, 1.54) is 5.56 Å². The number of aldehydes is 1. The van der Waals surface area contributed by atoms with Gasteiger partial charge in [-0.1, -0.05) is 6.07 Å². The molecular formula is C15H14N2O. The zero-order valence-electron chi connectivity index (χ0n) is 10.4. The number of fused-ring (bicyclic) bond motifs is 1. The van der Waals surface area contributed by atoms with Gasteiger partial charge in [-0.05, 0) is 43.7 Å². The number of H-pyrrole nitrogens is 1. The van der Waals surface area contributed by atoms with Crippen molar-refractivity contribution in [1.29, 1.82) is 0 Å². The SMILES string of the molecule is Cc1cc(C)c(-c2cc3cccc(C=O)n3c2)[nH]1. The predicted octanol–water partition coefficient (Wildman–Crippen LogP) is 3.36. The Hall–Kier alpha value is -2.29. The van der Waals surface area contributed by atoms with Crippen molar-refractivity contribution in [1.82, 2.24) is 9.38 Å². The van der Waals surface area contributed by atoms with Gasteiger partial charge in [-0.2, -0.15) is 0 Å². The molecule has 3 aromatic heterocycles. The molecule has 0 saturated carbocycles. The van der Waals surface area contributed by atoms with Crippen LogP contribution in [-0.4, -0.2) is 15.7 Å². The molecule has 0 aliphatic rings. The summed E-state index contributed by atoms with van der Waals surface area (Å²) in [6, 6.07) is 9.93. The normalized spacial score (nSPS) is 11.0. The van der Waals surface area contributed by atoms with Crippen LogP contribution < -0.4 is 0 Å². The minimum atomic E-state index is 0.666. The molecule has 3 heterocycles. The Morgan fingerprint density at radius 3 is 2.72 bits per heavy atom. The second kappa shape index (κ2) is 3.88. The van der Waals surface area contributed by atoms with Crippen LogP contribution in [0.3, 0.4) is 0 Å². The largest absolute Gasteiger partial charge is 0.358 e. The fraction of sp³-hybridized carbons (Fsp3) is 0.133. The molecule has 1 N–H and O–H groups in total. The van der Waals surface area contributed by atoms with E-state index < -0.39 is 0 Å². The third-order valence-corrected chi connectivity index (χ3v) is 3.22. The molecule has 0 aliphatic carbocycles. The monoisotopic (exact) mass is 238 g/mol. The van der Waals surface area contributed by atoms with E-state index in [1.54, 1.807) is 0 Å². The number of rotatable bonds is 2. The van der Waals surface area contributed by atoms with E-state index in [0.29, 0.717) is 5.69 Å². The van der Waals surface area contributed by atoms with E-state index in [0.717, 1.165) is 28.8 Å². The Kier molecular flexibility index (Phi) is 2.33. The van der Waals surface area contributed by atoms with Crippen molar-refractivity contribution in [2.45, 2.75) is 13.8 Å². The van der Waals surface area contributed by atoms with Gasteiger partial charge >= 0.3 is 0 Å². The number of aromatic nitrogens is 2. The zero-order valence-corrected chi connectivity index (χ0v) is 10.4. The first-order valence-electron chi connectivity index (χ1n) is 5.92. The van der Waals surface area contributed by atoms with E-state index in [9.17, 15) is 4.79 Å². The van der Waals surface area contributed by atoms with Gasteiger partial charge in [-0.3, -0.25) is 4.79 Å². The van der Waals surface area contributed by atoms with Crippen molar-refractivity contribution < 1.29 is 4.79 Å². The highest BCUT2D eigenvalue weighted by atomic mass is 16.1. The first kappa shape index (κ1) is 10.8. The van der Waals surface area contributed by atoms with Crippen molar-refractivity contribution in [2.24, 2.45) is 0 Å². The van der Waals surface area contributed by atoms with Gasteiger partial charge in [-0.15, -0.1) is 0 Å². The molecular weight excluding hydrogens is 224 g/mol. The lowest BCUT2D eigenvalue weighted by Gasteiger charge is -1.97. The quantitative estimate of drug-likeness (QED) is 0.683. The van der Waals surface area contributed by atoms with Crippen molar-refractivity contribution in [2.75, 3.05) is 0 Å². The third kappa shape index (κ3) is 1.56. The summed E-state index contributed by atoms with van der Waals surface area (Å²) < 4.78 is 1.91. The van der Waals surface area contributed by atoms with Gasteiger partial charge in [0.2, 0.25) is 0 Å². The average Bonchev–Trinajstić information content (AvgIpc) is 2.91. The fourth-order valence-corrected chi connectivity index (χ4v) is 2.42. The lowest BCUT2D eigenvalue weighted by atomic mass is 10.1. The summed E-state index contributed by atoms with van der Waals surface area (Å²) in [5.41, 5.74) is 6.29. The molecule has 3 rings (SSSR count). The summed E-state index contributed by atoms with van der Waals surface area (Å²) in [5.74, 6) is 0. The molecule has 0 unspecified atom stereocenters. The first-order valence-corrected chi connectivity index (χ1v) is 5.92. The van der Waals surface area contributed by atoms with Crippen LogP contribution in [0.4, 0.5) is 0 Å². The van der Waals surface area contributed by atoms with Crippen LogP contribution in [0.5, 0.6) is 0 Å². The maximum atomic E-state index is 11.0. The van der Waals surface area contributed by atoms with Crippen LogP contribution in [0.25, 0.3) is 16.8 Å². The maximum Gasteiger partial charge on any atom is 0.166 e. The molecule has 3 heteroatoms. The van der Waals surface area contributed by atoms with Crippen LogP contribution in [0, 0.1) is 13.8 Å². The highest BCUT2D eigenvalue weighted by Crippen LogP contribution is 2.26. The van der Waals surface area contributed by atoms with Crippen LogP contribution in [0.2, 0.25) is 0 Å². The molecule has 0 radical (unpaired) electrons. The van der Waals surface area contributed by atoms with Gasteiger partial charge in [-0.25, -0.2) is 0 Å². The van der Waals surface area contributed by atoms with Gasteiger partial charge < -0.3 is 9.38 Å². The lowest BCUT2D eigenvalue weighted by Crippen LogP contribution is -1.91. The standard InChI is InChI=1S/C15H14N2O/c1-10-6-11(2)16-15(10)12-7-13-4-3-5-14(9-18)17(13)8-12/h3-9,16H,1-2H3. The minimum absolute atomic E-state index is 0.666. The Morgan fingerprint density at radius 1 is 1.22 bits per heavy atom. The summed E-state index contributed by atoms with van der Waals surface area (Å²) in [6.45, 7) is 4.13. The van der Waals surface area contributed by atoms with Gasteiger partial charge in [0.1, 0.15) is 0 Å². The highest BCUT2D eigenvalue weighted by Gasteiger charge is 2.09. The molecule has 0 amide bonds. The van der Waals surface area contributed by atoms with E-state index in [-0.39, 0.29) is 0 Å². The van der Waals surface area contributed by atoms with Gasteiger partial charge in [0.15, 0.2) is 6.29 Å². The Balaban J connectivity index is 2.25. The van der Waals surface area contributed by atoms with Crippen LogP contribution >= 0.6 is 0 Å². The van der Waals surface area contributed by atoms with Crippen molar-refractivity contribution in [3.05, 3.63) is 53.5 Å². The number of aromatic amines is 1. The number of pyridine rings is 1. The van der Waals surface area contributed by atoms with E-state index >= 15 is 0 Å². The number of hydrogen-bond donors (Lipinski definition) is 1. The summed E-state index contributed by atoms with van der Waals surface area (Å²) in [4.78, 5) is 14.4. The average molecular weight is 238 g/mol. The molecule has 18 heavy (non-hydrogen) atoms. The molecule has 90 valence electrons. The maximum absolute atomic E-state index is 11.0. The summed E-state index contributed by atoms with van der Waals surface area (Å²) >= 11 is 0. The second-order valence-electron chi connectivity index (χ2n) is 4.60. The molecule has 0 saturated heterocycles. The van der Waals surface area contributed by atoms with Crippen molar-refractivity contribution in [3.63, 3.8) is 0 Å². The molecule has 0 fully saturated rings. The number of carbonyl (C=O) groups excluding carboxylic acids is 1. The van der Waals surface area contributed by atoms with E-state index in [2.05, 4.69) is 24.0 Å². The van der Waals surface area contributed by atoms with Crippen molar-refractivity contribution >= 4 is 11.8 Å². The molecule has 0 aromatic carbocycles. The third-order valence-electron chi connectivity index (χ3n) is 3.22. The predicted molar refractivity (Wildman–Crippen MR) is 72.0 cm³/mol. The summed E-state index contributed by atoms with van der Waals surface area (Å²) in [5, 5.41) is 0. The Morgan fingerprint density at radius 2 is 2.06 bits per heavy atom. The van der Waals surface area contributed by atoms with Gasteiger partial charge in [0.05, 0.1) is 11.4 Å². The van der Waals surface area contributed by atoms with Gasteiger partial charge in [0, 0.05) is 23.0 Å². The van der Waals surface area contributed by atoms with E-state index in [1.807, 2.05) is 35.7 Å². The molecule has 0 atom stereocenters. The Bertz CT molecular complexity index is 734. The number of carbonyl (C=O) groups is 1. The fourth-order valence-electron chi connectivity index (χ4n) is 2.42. The summed E-state index contributed by atoms with van der Waals surface area (Å²) in [7, 11) is 0. The molecule has 0 bridgehead atoms. The van der Waals surface area contributed by atoms with Crippen molar-refractivity contribution in [3.8, 4) is 11.3 Å². The topological polar surface area (TPSA) is 37.3 Å². The van der Waals surface area contributed by atoms with Gasteiger partial charge in [0.25, 0.3) is 0 Å². The lowest BCUT2D eigenvalue weighted by molar-refractivity contribution is 0.111. The second-order valence-corrected chi connectivity index (χ2v) is 4.60. The minimum Gasteiger partial charge on any atom is -0.358 e. The molecule has 0 aliphatic heterocycles. The number of nitrogens with zero attached hydrogens (tertiary/aromatic N) is 1. The van der Waals surface area contributed by atoms with Crippen LogP contribution in [0.15, 0.2) is 36.5 Å².